The number of carbonyl (C=O) groups is 2. The van der Waals surface area contributed by atoms with Gasteiger partial charge >= 0.3 is 0 Å². The van der Waals surface area contributed by atoms with E-state index in [4.69, 9.17) is 0 Å². The minimum Gasteiger partial charge on any atom is -0.353 e. The molecule has 1 aliphatic heterocycles. The van der Waals surface area contributed by atoms with Crippen molar-refractivity contribution < 1.29 is 9.59 Å². The van der Waals surface area contributed by atoms with Gasteiger partial charge in [0.25, 0.3) is 0 Å². The first-order valence-electron chi connectivity index (χ1n) is 11.1. The highest BCUT2D eigenvalue weighted by atomic mass is 16.2. The summed E-state index contributed by atoms with van der Waals surface area (Å²) in [5.41, 5.74) is 1.44. The van der Waals surface area contributed by atoms with E-state index in [1.165, 1.54) is 38.5 Å². The zero-order chi connectivity index (χ0) is 19.3. The third-order valence-electron chi connectivity index (χ3n) is 8.16. The van der Waals surface area contributed by atoms with Gasteiger partial charge in [0.1, 0.15) is 0 Å². The summed E-state index contributed by atoms with van der Waals surface area (Å²) in [6.07, 6.45) is 8.51. The summed E-state index contributed by atoms with van der Waals surface area (Å²) in [5, 5.41) is 3.37. The van der Waals surface area contributed by atoms with Gasteiger partial charge in [-0.05, 0) is 74.2 Å². The van der Waals surface area contributed by atoms with Gasteiger partial charge in [-0.3, -0.25) is 9.59 Å². The highest BCUT2D eigenvalue weighted by Gasteiger charge is 2.53. The summed E-state index contributed by atoms with van der Waals surface area (Å²) in [4.78, 5) is 27.3. The number of rotatable bonds is 5. The van der Waals surface area contributed by atoms with Crippen LogP contribution in [-0.2, 0) is 16.1 Å². The van der Waals surface area contributed by atoms with Crippen molar-refractivity contribution in [2.45, 2.75) is 64.5 Å². The summed E-state index contributed by atoms with van der Waals surface area (Å²) >= 11 is 0. The van der Waals surface area contributed by atoms with Crippen LogP contribution in [-0.4, -0.2) is 29.3 Å². The number of hydrogen-bond acceptors (Lipinski definition) is 2. The van der Waals surface area contributed by atoms with E-state index in [2.05, 4.69) is 12.2 Å². The van der Waals surface area contributed by atoms with Crippen molar-refractivity contribution in [1.82, 2.24) is 10.2 Å². The molecule has 1 saturated heterocycles. The topological polar surface area (TPSA) is 49.4 Å². The van der Waals surface area contributed by atoms with Crippen molar-refractivity contribution in [3.63, 3.8) is 0 Å². The Balaban J connectivity index is 1.21. The van der Waals surface area contributed by atoms with Gasteiger partial charge in [0.15, 0.2) is 0 Å². The molecule has 4 bridgehead atoms. The van der Waals surface area contributed by atoms with Crippen LogP contribution in [0.5, 0.6) is 0 Å². The zero-order valence-electron chi connectivity index (χ0n) is 16.9. The lowest BCUT2D eigenvalue weighted by atomic mass is 9.48. The number of benzene rings is 1. The molecule has 4 aliphatic carbocycles. The van der Waals surface area contributed by atoms with E-state index < -0.39 is 0 Å². The van der Waals surface area contributed by atoms with Crippen LogP contribution in [0.3, 0.4) is 0 Å². The summed E-state index contributed by atoms with van der Waals surface area (Å²) in [6.45, 7) is 3.38. The molecule has 5 aliphatic rings. The lowest BCUT2D eigenvalue weighted by molar-refractivity contribution is -0.131. The lowest BCUT2D eigenvalue weighted by Gasteiger charge is -2.59. The SMILES string of the molecule is C[C@H](NC(=O)[C@@H]1CC(=O)N(Cc2ccccc2)C1)C12CC3CC(CC(C3)C1)C2. The Bertz CT molecular complexity index is 724. The van der Waals surface area contributed by atoms with Crippen LogP contribution >= 0.6 is 0 Å². The molecule has 2 atom stereocenters. The number of likely N-dealkylation sites (tertiary alicyclic amines) is 1. The van der Waals surface area contributed by atoms with Crippen LogP contribution in [0.25, 0.3) is 0 Å². The number of nitrogens with zero attached hydrogens (tertiary/aromatic N) is 1. The molecule has 6 rings (SSSR count). The first-order valence-corrected chi connectivity index (χ1v) is 11.1. The predicted molar refractivity (Wildman–Crippen MR) is 108 cm³/mol. The van der Waals surface area contributed by atoms with Crippen molar-refractivity contribution in [3.8, 4) is 0 Å². The standard InChI is InChI=1S/C24H32N2O2/c1-16(24-11-18-7-19(12-24)9-20(8-18)13-24)25-23(28)21-10-22(27)26(15-21)14-17-5-3-2-4-6-17/h2-6,16,18-21H,7-15H2,1H3,(H,25,28)/t16-,18?,19?,20?,21+,24?/m0/s1. The molecule has 1 aromatic rings. The van der Waals surface area contributed by atoms with Crippen LogP contribution in [0, 0.1) is 29.1 Å². The summed E-state index contributed by atoms with van der Waals surface area (Å²) in [7, 11) is 0. The quantitative estimate of drug-likeness (QED) is 0.846. The average molecular weight is 381 g/mol. The minimum absolute atomic E-state index is 0.0900. The molecule has 150 valence electrons. The molecule has 1 aromatic carbocycles. The van der Waals surface area contributed by atoms with E-state index in [0.717, 1.165) is 23.3 Å². The molecule has 0 spiro atoms. The van der Waals surface area contributed by atoms with Crippen molar-refractivity contribution in [1.29, 1.82) is 0 Å². The van der Waals surface area contributed by atoms with Crippen molar-refractivity contribution >= 4 is 11.8 Å². The smallest absolute Gasteiger partial charge is 0.225 e. The van der Waals surface area contributed by atoms with E-state index in [1.807, 2.05) is 35.2 Å². The molecule has 4 heteroatoms. The third-order valence-corrected chi connectivity index (χ3v) is 8.16. The van der Waals surface area contributed by atoms with E-state index in [0.29, 0.717) is 24.9 Å². The fraction of sp³-hybridized carbons (Fsp3) is 0.667. The zero-order valence-corrected chi connectivity index (χ0v) is 16.9. The Kier molecular flexibility index (Phi) is 4.48. The van der Waals surface area contributed by atoms with Gasteiger partial charge in [0.05, 0.1) is 5.92 Å². The highest BCUT2D eigenvalue weighted by Crippen LogP contribution is 2.61. The molecule has 2 amide bonds. The highest BCUT2D eigenvalue weighted by molar-refractivity contribution is 5.89. The normalized spacial score (nSPS) is 37.3. The first-order chi connectivity index (χ1) is 13.5. The molecule has 0 aromatic heterocycles. The average Bonchev–Trinajstić information content (AvgIpc) is 3.02. The maximum atomic E-state index is 13.0. The lowest BCUT2D eigenvalue weighted by Crippen LogP contribution is -2.56. The van der Waals surface area contributed by atoms with E-state index >= 15 is 0 Å². The molecule has 1 heterocycles. The minimum atomic E-state index is -0.201. The molecule has 28 heavy (non-hydrogen) atoms. The fourth-order valence-electron chi connectivity index (χ4n) is 7.10. The molecule has 0 radical (unpaired) electrons. The molecule has 1 N–H and O–H groups in total. The van der Waals surface area contributed by atoms with Gasteiger partial charge in [-0.15, -0.1) is 0 Å². The largest absolute Gasteiger partial charge is 0.353 e. The van der Waals surface area contributed by atoms with Gasteiger partial charge in [0.2, 0.25) is 11.8 Å². The molecule has 4 nitrogen and oxygen atoms in total. The van der Waals surface area contributed by atoms with E-state index in [-0.39, 0.29) is 23.8 Å². The summed E-state index contributed by atoms with van der Waals surface area (Å²) in [6, 6.07) is 10.3. The molecule has 0 unspecified atom stereocenters. The number of hydrogen-bond donors (Lipinski definition) is 1. The number of carbonyl (C=O) groups excluding carboxylic acids is 2. The molecular weight excluding hydrogens is 348 g/mol. The van der Waals surface area contributed by atoms with E-state index in [9.17, 15) is 9.59 Å². The second-order valence-corrected chi connectivity index (χ2v) is 10.2. The monoisotopic (exact) mass is 380 g/mol. The van der Waals surface area contributed by atoms with Crippen molar-refractivity contribution in [2.75, 3.05) is 6.54 Å². The maximum absolute atomic E-state index is 13.0. The Morgan fingerprint density at radius 2 is 1.71 bits per heavy atom. The first kappa shape index (κ1) is 18.2. The van der Waals surface area contributed by atoms with Crippen molar-refractivity contribution in [2.24, 2.45) is 29.1 Å². The van der Waals surface area contributed by atoms with Crippen LogP contribution in [0.4, 0.5) is 0 Å². The Labute approximate surface area is 168 Å². The summed E-state index contributed by atoms with van der Waals surface area (Å²) < 4.78 is 0. The van der Waals surface area contributed by atoms with Crippen molar-refractivity contribution in [3.05, 3.63) is 35.9 Å². The van der Waals surface area contributed by atoms with E-state index in [1.54, 1.807) is 0 Å². The van der Waals surface area contributed by atoms with Gasteiger partial charge in [-0.2, -0.15) is 0 Å². The predicted octanol–water partition coefficient (Wildman–Crippen LogP) is 3.76. The number of nitrogens with one attached hydrogen (secondary N) is 1. The van der Waals surface area contributed by atoms with Gasteiger partial charge < -0.3 is 10.2 Å². The Morgan fingerprint density at radius 1 is 1.11 bits per heavy atom. The molecular formula is C24H32N2O2. The second kappa shape index (κ2) is 6.89. The van der Waals surface area contributed by atoms with Gasteiger partial charge in [-0.25, -0.2) is 0 Å². The maximum Gasteiger partial charge on any atom is 0.225 e. The number of amides is 2. The van der Waals surface area contributed by atoms with Gasteiger partial charge in [0, 0.05) is 25.6 Å². The Hall–Kier alpha value is -1.84. The third kappa shape index (κ3) is 3.25. The van der Waals surface area contributed by atoms with Crippen LogP contribution in [0.15, 0.2) is 30.3 Å². The molecule has 4 saturated carbocycles. The van der Waals surface area contributed by atoms with Crippen LogP contribution in [0.1, 0.15) is 57.4 Å². The Morgan fingerprint density at radius 3 is 2.32 bits per heavy atom. The van der Waals surface area contributed by atoms with Gasteiger partial charge in [-0.1, -0.05) is 30.3 Å². The fourth-order valence-corrected chi connectivity index (χ4v) is 7.10. The summed E-state index contributed by atoms with van der Waals surface area (Å²) in [5.74, 6) is 2.66. The molecule has 5 fully saturated rings. The van der Waals surface area contributed by atoms with Crippen LogP contribution in [0.2, 0.25) is 0 Å². The van der Waals surface area contributed by atoms with Crippen LogP contribution < -0.4 is 5.32 Å². The second-order valence-electron chi connectivity index (χ2n) is 10.2.